The first-order valence-corrected chi connectivity index (χ1v) is 11.3. The van der Waals surface area contributed by atoms with E-state index in [4.69, 9.17) is 9.47 Å². The van der Waals surface area contributed by atoms with Crippen molar-refractivity contribution in [1.82, 2.24) is 10.3 Å². The second kappa shape index (κ2) is 9.63. The van der Waals surface area contributed by atoms with Crippen molar-refractivity contribution in [3.63, 3.8) is 0 Å². The standard InChI is InChI=1S/C22H24N2O4Se/c1-14(25)23-20(22(26)28-3)12-18-17-9-4-5-10-19(17)24-21(18)29-13-15-7-6-8-16(11-15)27-2/h4-11,20,24H,12-13H2,1-3H3,(H,23,25). The molecule has 7 heteroatoms. The Kier molecular flexibility index (Phi) is 6.96. The van der Waals surface area contributed by atoms with Gasteiger partial charge in [-0.15, -0.1) is 0 Å². The summed E-state index contributed by atoms with van der Waals surface area (Å²) < 4.78 is 11.3. The first-order chi connectivity index (χ1) is 14.0. The van der Waals surface area contributed by atoms with E-state index >= 15 is 0 Å². The Balaban J connectivity index is 1.90. The fourth-order valence-corrected chi connectivity index (χ4v) is 5.39. The van der Waals surface area contributed by atoms with Crippen LogP contribution in [0.25, 0.3) is 10.9 Å². The molecule has 3 rings (SSSR count). The minimum atomic E-state index is -0.719. The fourth-order valence-electron chi connectivity index (χ4n) is 3.20. The number of para-hydroxylation sites is 1. The van der Waals surface area contributed by atoms with Crippen molar-refractivity contribution in [3.8, 4) is 5.75 Å². The molecule has 0 bridgehead atoms. The quantitative estimate of drug-likeness (QED) is 0.399. The van der Waals surface area contributed by atoms with Gasteiger partial charge in [0.15, 0.2) is 0 Å². The molecule has 1 aromatic heterocycles. The molecule has 0 aliphatic rings. The fraction of sp³-hybridized carbons (Fsp3) is 0.273. The maximum atomic E-state index is 12.2. The number of aromatic amines is 1. The molecule has 0 aliphatic carbocycles. The number of rotatable bonds is 8. The van der Waals surface area contributed by atoms with Crippen LogP contribution in [0.5, 0.6) is 5.75 Å². The van der Waals surface area contributed by atoms with Crippen molar-refractivity contribution in [2.45, 2.75) is 24.7 Å². The topological polar surface area (TPSA) is 80.4 Å². The van der Waals surface area contributed by atoms with E-state index in [0.29, 0.717) is 6.42 Å². The van der Waals surface area contributed by atoms with Crippen LogP contribution in [0.3, 0.4) is 0 Å². The number of aromatic nitrogens is 1. The average Bonchev–Trinajstić information content (AvgIpc) is 3.08. The molecule has 6 nitrogen and oxygen atoms in total. The van der Waals surface area contributed by atoms with E-state index in [1.807, 2.05) is 42.5 Å². The van der Waals surface area contributed by atoms with E-state index in [-0.39, 0.29) is 20.9 Å². The number of H-pyrrole nitrogens is 1. The number of hydrogen-bond donors (Lipinski definition) is 2. The Bertz CT molecular complexity index is 1010. The van der Waals surface area contributed by atoms with Crippen LogP contribution in [0.4, 0.5) is 0 Å². The summed E-state index contributed by atoms with van der Waals surface area (Å²) in [6.07, 6.45) is 0.380. The van der Waals surface area contributed by atoms with Gasteiger partial charge in [-0.3, -0.25) is 0 Å². The molecule has 0 saturated heterocycles. The number of carbonyl (C=O) groups excluding carboxylic acids is 2. The zero-order valence-corrected chi connectivity index (χ0v) is 18.4. The summed E-state index contributed by atoms with van der Waals surface area (Å²) in [4.78, 5) is 27.3. The number of benzene rings is 2. The van der Waals surface area contributed by atoms with E-state index in [2.05, 4.69) is 16.4 Å². The molecule has 0 fully saturated rings. The summed E-state index contributed by atoms with van der Waals surface area (Å²) in [5.41, 5.74) is 3.27. The molecule has 0 aliphatic heterocycles. The van der Waals surface area contributed by atoms with Gasteiger partial charge in [-0.05, 0) is 0 Å². The molecule has 152 valence electrons. The summed E-state index contributed by atoms with van der Waals surface area (Å²) in [6.45, 7) is 1.40. The van der Waals surface area contributed by atoms with Gasteiger partial charge in [-0.25, -0.2) is 0 Å². The number of amides is 1. The number of methoxy groups -OCH3 is 2. The van der Waals surface area contributed by atoms with E-state index in [1.165, 1.54) is 19.6 Å². The third-order valence-corrected chi connectivity index (χ3v) is 6.90. The van der Waals surface area contributed by atoms with Gasteiger partial charge in [0, 0.05) is 0 Å². The monoisotopic (exact) mass is 460 g/mol. The second-order valence-corrected chi connectivity index (χ2v) is 8.67. The van der Waals surface area contributed by atoms with Gasteiger partial charge in [0.1, 0.15) is 0 Å². The molecule has 1 unspecified atom stereocenters. The normalized spacial score (nSPS) is 11.8. The van der Waals surface area contributed by atoms with Crippen LogP contribution in [-0.2, 0) is 26.1 Å². The molecule has 0 radical (unpaired) electrons. The molecule has 29 heavy (non-hydrogen) atoms. The van der Waals surface area contributed by atoms with Crippen molar-refractivity contribution >= 4 is 42.3 Å². The van der Waals surface area contributed by atoms with E-state index in [0.717, 1.165) is 32.1 Å². The molecule has 1 amide bonds. The zero-order valence-electron chi connectivity index (χ0n) is 16.7. The van der Waals surface area contributed by atoms with Gasteiger partial charge in [0.25, 0.3) is 0 Å². The van der Waals surface area contributed by atoms with E-state index in [9.17, 15) is 9.59 Å². The summed E-state index contributed by atoms with van der Waals surface area (Å²) in [7, 11) is 3.00. The molecule has 0 saturated carbocycles. The minimum absolute atomic E-state index is 0.109. The summed E-state index contributed by atoms with van der Waals surface area (Å²) in [5.74, 6) is 0.131. The molecule has 2 aromatic carbocycles. The summed E-state index contributed by atoms with van der Waals surface area (Å²) in [6, 6.07) is 15.3. The number of hydrogen-bond acceptors (Lipinski definition) is 4. The second-order valence-electron chi connectivity index (χ2n) is 6.60. The van der Waals surface area contributed by atoms with Crippen LogP contribution in [0.1, 0.15) is 18.1 Å². The summed E-state index contributed by atoms with van der Waals surface area (Å²) >= 11 is 0.109. The Morgan fingerprint density at radius 3 is 2.66 bits per heavy atom. The molecule has 3 aromatic rings. The van der Waals surface area contributed by atoms with Crippen molar-refractivity contribution in [2.75, 3.05) is 14.2 Å². The first-order valence-electron chi connectivity index (χ1n) is 9.22. The molecule has 1 atom stereocenters. The first kappa shape index (κ1) is 21.0. The SMILES string of the molecule is COC(=O)C(Cc1c([Se]Cc2cccc(OC)c2)[nH]c2ccccc12)NC(C)=O. The van der Waals surface area contributed by atoms with Crippen LogP contribution in [0, 0.1) is 0 Å². The van der Waals surface area contributed by atoms with Crippen molar-refractivity contribution < 1.29 is 19.1 Å². The van der Waals surface area contributed by atoms with Gasteiger partial charge >= 0.3 is 176 Å². The van der Waals surface area contributed by atoms with Crippen molar-refractivity contribution in [2.24, 2.45) is 0 Å². The zero-order chi connectivity index (χ0) is 20.8. The van der Waals surface area contributed by atoms with Gasteiger partial charge in [-0.1, -0.05) is 0 Å². The third kappa shape index (κ3) is 5.19. The summed E-state index contributed by atoms with van der Waals surface area (Å²) in [5, 5.41) is 4.66. The van der Waals surface area contributed by atoms with Gasteiger partial charge in [-0.2, -0.15) is 0 Å². The number of carbonyl (C=O) groups is 2. The van der Waals surface area contributed by atoms with Crippen molar-refractivity contribution in [1.29, 1.82) is 0 Å². The number of ether oxygens (including phenoxy) is 2. The van der Waals surface area contributed by atoms with Crippen LogP contribution >= 0.6 is 0 Å². The van der Waals surface area contributed by atoms with E-state index in [1.54, 1.807) is 7.11 Å². The number of esters is 1. The van der Waals surface area contributed by atoms with Gasteiger partial charge in [0.05, 0.1) is 0 Å². The third-order valence-electron chi connectivity index (χ3n) is 4.56. The molecule has 1 heterocycles. The molecular formula is C22H24N2O4Se. The Morgan fingerprint density at radius 1 is 1.14 bits per heavy atom. The predicted octanol–water partition coefficient (Wildman–Crippen LogP) is 1.93. The number of nitrogens with one attached hydrogen (secondary N) is 2. The average molecular weight is 459 g/mol. The predicted molar refractivity (Wildman–Crippen MR) is 114 cm³/mol. The Labute approximate surface area is 176 Å². The van der Waals surface area contributed by atoms with Crippen LogP contribution < -0.4 is 14.6 Å². The van der Waals surface area contributed by atoms with Crippen LogP contribution in [0.15, 0.2) is 48.5 Å². The van der Waals surface area contributed by atoms with Crippen LogP contribution in [0.2, 0.25) is 0 Å². The van der Waals surface area contributed by atoms with Crippen LogP contribution in [-0.4, -0.2) is 52.1 Å². The van der Waals surface area contributed by atoms with Gasteiger partial charge < -0.3 is 0 Å². The van der Waals surface area contributed by atoms with Crippen molar-refractivity contribution in [3.05, 3.63) is 59.7 Å². The van der Waals surface area contributed by atoms with Gasteiger partial charge in [0.2, 0.25) is 0 Å². The molecule has 0 spiro atoms. The number of fused-ring (bicyclic) bond motifs is 1. The molecular weight excluding hydrogens is 435 g/mol. The van der Waals surface area contributed by atoms with E-state index < -0.39 is 12.0 Å². The Morgan fingerprint density at radius 2 is 1.93 bits per heavy atom. The molecule has 2 N–H and O–H groups in total. The maximum absolute atomic E-state index is 12.2. The Hall–Kier alpha value is -2.76.